The van der Waals surface area contributed by atoms with Crippen LogP contribution in [0.2, 0.25) is 0 Å². The van der Waals surface area contributed by atoms with Gasteiger partial charge in [0.25, 0.3) is 11.8 Å². The Hall–Kier alpha value is -2.22. The van der Waals surface area contributed by atoms with Crippen molar-refractivity contribution in [2.24, 2.45) is 0 Å². The number of nitrogens with one attached hydrogen (secondary N) is 1. The second-order valence-electron chi connectivity index (χ2n) is 7.45. The maximum atomic E-state index is 12.7. The van der Waals surface area contributed by atoms with E-state index < -0.39 is 24.0 Å². The van der Waals surface area contributed by atoms with E-state index >= 15 is 0 Å². The summed E-state index contributed by atoms with van der Waals surface area (Å²) >= 11 is 3.35. The van der Waals surface area contributed by atoms with E-state index in [1.54, 1.807) is 14.0 Å². The van der Waals surface area contributed by atoms with E-state index in [0.29, 0.717) is 12.8 Å². The van der Waals surface area contributed by atoms with Crippen LogP contribution in [0.3, 0.4) is 0 Å². The van der Waals surface area contributed by atoms with Crippen molar-refractivity contribution in [2.75, 3.05) is 7.05 Å². The molecule has 0 fully saturated rings. The maximum Gasteiger partial charge on any atom is 0.254 e. The van der Waals surface area contributed by atoms with Crippen molar-refractivity contribution in [1.82, 2.24) is 10.2 Å². The maximum absolute atomic E-state index is 12.7. The molecule has 154 valence electrons. The SMILES string of the molecule is C[C@H](NC(=O)[C@H](O)[C@@H](O)C(=O)N(C)C1Cc2ccccc2C1)c1ccc(Br)cc1. The molecule has 0 heterocycles. The smallest absolute Gasteiger partial charge is 0.254 e. The summed E-state index contributed by atoms with van der Waals surface area (Å²) in [7, 11) is 1.59. The first-order valence-corrected chi connectivity index (χ1v) is 10.3. The highest BCUT2D eigenvalue weighted by Crippen LogP contribution is 2.25. The van der Waals surface area contributed by atoms with Crippen LogP contribution in [0, 0.1) is 0 Å². The lowest BCUT2D eigenvalue weighted by Crippen LogP contribution is -2.52. The summed E-state index contributed by atoms with van der Waals surface area (Å²) in [5, 5.41) is 23.2. The van der Waals surface area contributed by atoms with E-state index in [0.717, 1.165) is 10.0 Å². The molecule has 7 heteroatoms. The Labute approximate surface area is 178 Å². The Kier molecular flexibility index (Phi) is 6.72. The van der Waals surface area contributed by atoms with Crippen molar-refractivity contribution < 1.29 is 19.8 Å². The van der Waals surface area contributed by atoms with Crippen LogP contribution in [0.25, 0.3) is 0 Å². The van der Waals surface area contributed by atoms with Gasteiger partial charge in [-0.3, -0.25) is 9.59 Å². The molecule has 2 amide bonds. The van der Waals surface area contributed by atoms with Gasteiger partial charge in [-0.05, 0) is 48.6 Å². The van der Waals surface area contributed by atoms with Crippen LogP contribution in [0.5, 0.6) is 0 Å². The van der Waals surface area contributed by atoms with E-state index in [2.05, 4.69) is 21.2 Å². The van der Waals surface area contributed by atoms with Gasteiger partial charge in [0.1, 0.15) is 0 Å². The Morgan fingerprint density at radius 2 is 1.59 bits per heavy atom. The molecule has 0 saturated carbocycles. The summed E-state index contributed by atoms with van der Waals surface area (Å²) in [6.45, 7) is 1.77. The zero-order valence-electron chi connectivity index (χ0n) is 16.4. The summed E-state index contributed by atoms with van der Waals surface area (Å²) in [5.41, 5.74) is 3.19. The van der Waals surface area contributed by atoms with Crippen molar-refractivity contribution >= 4 is 27.7 Å². The molecule has 0 unspecified atom stereocenters. The zero-order valence-corrected chi connectivity index (χ0v) is 18.0. The number of hydrogen-bond donors (Lipinski definition) is 3. The number of benzene rings is 2. The first-order chi connectivity index (χ1) is 13.8. The zero-order chi connectivity index (χ0) is 21.1. The number of hydrogen-bond acceptors (Lipinski definition) is 4. The first kappa shape index (κ1) is 21.5. The Bertz CT molecular complexity index is 862. The average molecular weight is 461 g/mol. The third-order valence-electron chi connectivity index (χ3n) is 5.47. The monoisotopic (exact) mass is 460 g/mol. The van der Waals surface area contributed by atoms with Crippen LogP contribution < -0.4 is 5.32 Å². The highest BCUT2D eigenvalue weighted by atomic mass is 79.9. The predicted molar refractivity (Wildman–Crippen MR) is 113 cm³/mol. The van der Waals surface area contributed by atoms with Crippen LogP contribution in [-0.4, -0.2) is 52.2 Å². The number of nitrogens with zero attached hydrogens (tertiary/aromatic N) is 1. The molecule has 6 nitrogen and oxygen atoms in total. The number of fused-ring (bicyclic) bond motifs is 1. The average Bonchev–Trinajstić information content (AvgIpc) is 3.16. The summed E-state index contributed by atoms with van der Waals surface area (Å²) in [4.78, 5) is 26.4. The van der Waals surface area contributed by atoms with E-state index in [9.17, 15) is 19.8 Å². The van der Waals surface area contributed by atoms with Crippen LogP contribution in [0.1, 0.15) is 29.7 Å². The fraction of sp³-hybridized carbons (Fsp3) is 0.364. The van der Waals surface area contributed by atoms with Crippen molar-refractivity contribution in [3.63, 3.8) is 0 Å². The first-order valence-electron chi connectivity index (χ1n) is 9.53. The highest BCUT2D eigenvalue weighted by Gasteiger charge is 2.36. The Morgan fingerprint density at radius 1 is 1.03 bits per heavy atom. The molecule has 2 aromatic carbocycles. The van der Waals surface area contributed by atoms with Crippen molar-refractivity contribution in [2.45, 2.75) is 44.1 Å². The van der Waals surface area contributed by atoms with Crippen LogP contribution in [0.15, 0.2) is 53.0 Å². The van der Waals surface area contributed by atoms with Crippen LogP contribution in [0.4, 0.5) is 0 Å². The molecule has 2 aromatic rings. The number of carbonyl (C=O) groups excluding carboxylic acids is 2. The standard InChI is InChI=1S/C22H25BrN2O4/c1-13(14-7-9-17(23)10-8-14)24-21(28)19(26)20(27)22(29)25(2)18-11-15-5-3-4-6-16(15)12-18/h3-10,13,18-20,26-27H,11-12H2,1-2H3,(H,24,28)/t13-,19+,20+/m0/s1. The van der Waals surface area contributed by atoms with Gasteiger partial charge in [-0.2, -0.15) is 0 Å². The van der Waals surface area contributed by atoms with Crippen molar-refractivity contribution in [3.05, 3.63) is 69.7 Å². The van der Waals surface area contributed by atoms with Crippen LogP contribution in [-0.2, 0) is 22.4 Å². The molecule has 1 aliphatic rings. The fourth-order valence-electron chi connectivity index (χ4n) is 3.61. The summed E-state index contributed by atoms with van der Waals surface area (Å²) < 4.78 is 0.915. The minimum absolute atomic E-state index is 0.105. The molecule has 0 spiro atoms. The number of likely N-dealkylation sites (N-methyl/N-ethyl adjacent to an activating group) is 1. The van der Waals surface area contributed by atoms with Gasteiger partial charge in [-0.1, -0.05) is 52.3 Å². The predicted octanol–water partition coefficient (Wildman–Crippen LogP) is 1.97. The fourth-order valence-corrected chi connectivity index (χ4v) is 3.87. The minimum atomic E-state index is -1.84. The number of aliphatic hydroxyl groups excluding tert-OH is 2. The topological polar surface area (TPSA) is 89.9 Å². The lowest BCUT2D eigenvalue weighted by Gasteiger charge is -2.28. The second kappa shape index (κ2) is 9.07. The molecule has 1 aliphatic carbocycles. The van der Waals surface area contributed by atoms with Crippen LogP contribution >= 0.6 is 15.9 Å². The molecule has 3 atom stereocenters. The van der Waals surface area contributed by atoms with E-state index in [-0.39, 0.29) is 12.1 Å². The quantitative estimate of drug-likeness (QED) is 0.614. The third kappa shape index (κ3) is 4.86. The van der Waals surface area contributed by atoms with Gasteiger partial charge in [-0.25, -0.2) is 0 Å². The number of aliphatic hydroxyl groups is 2. The normalized spacial score (nSPS) is 16.6. The number of rotatable bonds is 6. The molecule has 0 aliphatic heterocycles. The molecular weight excluding hydrogens is 436 g/mol. The number of halogens is 1. The number of amides is 2. The highest BCUT2D eigenvalue weighted by molar-refractivity contribution is 9.10. The van der Waals surface area contributed by atoms with Gasteiger partial charge >= 0.3 is 0 Å². The lowest BCUT2D eigenvalue weighted by atomic mass is 10.1. The molecule has 0 aromatic heterocycles. The molecule has 3 rings (SSSR count). The second-order valence-corrected chi connectivity index (χ2v) is 8.37. The molecule has 3 N–H and O–H groups in total. The minimum Gasteiger partial charge on any atom is -0.380 e. The van der Waals surface area contributed by atoms with Gasteiger partial charge in [0.15, 0.2) is 12.2 Å². The lowest BCUT2D eigenvalue weighted by molar-refractivity contribution is -0.153. The van der Waals surface area contributed by atoms with E-state index in [4.69, 9.17) is 0 Å². The molecule has 0 bridgehead atoms. The van der Waals surface area contributed by atoms with Gasteiger partial charge in [0.05, 0.1) is 6.04 Å². The van der Waals surface area contributed by atoms with Crippen molar-refractivity contribution in [3.8, 4) is 0 Å². The van der Waals surface area contributed by atoms with Gasteiger partial charge in [0, 0.05) is 17.6 Å². The Morgan fingerprint density at radius 3 is 2.14 bits per heavy atom. The summed E-state index contributed by atoms with van der Waals surface area (Å²) in [5.74, 6) is -1.45. The largest absolute Gasteiger partial charge is 0.380 e. The van der Waals surface area contributed by atoms with Gasteiger partial charge in [-0.15, -0.1) is 0 Å². The Balaban J connectivity index is 1.58. The number of carbonyl (C=O) groups is 2. The van der Waals surface area contributed by atoms with Gasteiger partial charge in [0.2, 0.25) is 0 Å². The van der Waals surface area contributed by atoms with Crippen molar-refractivity contribution in [1.29, 1.82) is 0 Å². The molecule has 0 radical (unpaired) electrons. The molecular formula is C22H25BrN2O4. The van der Waals surface area contributed by atoms with E-state index in [1.165, 1.54) is 16.0 Å². The third-order valence-corrected chi connectivity index (χ3v) is 6.00. The summed E-state index contributed by atoms with van der Waals surface area (Å²) in [6.07, 6.45) is -2.28. The molecule has 0 saturated heterocycles. The summed E-state index contributed by atoms with van der Waals surface area (Å²) in [6, 6.07) is 14.9. The molecule has 29 heavy (non-hydrogen) atoms. The van der Waals surface area contributed by atoms with Gasteiger partial charge < -0.3 is 20.4 Å². The van der Waals surface area contributed by atoms with E-state index in [1.807, 2.05) is 48.5 Å².